The summed E-state index contributed by atoms with van der Waals surface area (Å²) in [4.78, 5) is 52.4. The summed E-state index contributed by atoms with van der Waals surface area (Å²) in [5.74, 6) is -1.07. The quantitative estimate of drug-likeness (QED) is 0.563. The molecule has 3 amide bonds. The van der Waals surface area contributed by atoms with Gasteiger partial charge in [0.05, 0.1) is 6.42 Å². The van der Waals surface area contributed by atoms with E-state index in [-0.39, 0.29) is 42.4 Å². The number of likely N-dealkylation sites (tertiary alicyclic amines) is 1. The van der Waals surface area contributed by atoms with Gasteiger partial charge in [-0.2, -0.15) is 0 Å². The molecule has 4 rings (SSSR count). The van der Waals surface area contributed by atoms with Crippen LogP contribution in [0.1, 0.15) is 30.7 Å². The number of likely N-dealkylation sites (N-methyl/N-ethyl adjacent to an activating group) is 1. The molecule has 0 aliphatic carbocycles. The number of nitrogens with zero attached hydrogens (tertiary/aromatic N) is 2. The lowest BCUT2D eigenvalue weighted by Gasteiger charge is -2.44. The lowest BCUT2D eigenvalue weighted by atomic mass is 9.72. The summed E-state index contributed by atoms with van der Waals surface area (Å²) in [6, 6.07) is 6.70. The second-order valence-electron chi connectivity index (χ2n) is 8.79. The molecule has 3 saturated heterocycles. The molecule has 3 aliphatic heterocycles. The Hall–Kier alpha value is -2.65. The van der Waals surface area contributed by atoms with Crippen molar-refractivity contribution in [3.63, 3.8) is 0 Å². The van der Waals surface area contributed by atoms with Gasteiger partial charge in [0.15, 0.2) is 5.78 Å². The molecule has 10 heteroatoms. The number of hydrogen-bond donors (Lipinski definition) is 3. The molecule has 32 heavy (non-hydrogen) atoms. The topological polar surface area (TPSA) is 119 Å². The van der Waals surface area contributed by atoms with E-state index in [1.165, 1.54) is 7.05 Å². The number of amides is 3. The summed E-state index contributed by atoms with van der Waals surface area (Å²) in [5.41, 5.74) is -0.382. The van der Waals surface area contributed by atoms with Crippen LogP contribution in [0, 0.1) is 5.92 Å². The van der Waals surface area contributed by atoms with Crippen LogP contribution in [0.3, 0.4) is 0 Å². The van der Waals surface area contributed by atoms with Crippen LogP contribution >= 0.6 is 11.6 Å². The summed E-state index contributed by atoms with van der Waals surface area (Å²) in [6.45, 7) is 1.53. The van der Waals surface area contributed by atoms with E-state index in [1.807, 2.05) is 12.1 Å². The minimum Gasteiger partial charge on any atom is -0.465 e. The Balaban J connectivity index is 1.54. The van der Waals surface area contributed by atoms with E-state index in [0.29, 0.717) is 37.5 Å². The van der Waals surface area contributed by atoms with Crippen LogP contribution in [0.4, 0.5) is 4.79 Å². The van der Waals surface area contributed by atoms with E-state index in [2.05, 4.69) is 10.6 Å². The van der Waals surface area contributed by atoms with Gasteiger partial charge in [0.25, 0.3) is 0 Å². The zero-order chi connectivity index (χ0) is 23.0. The maximum absolute atomic E-state index is 13.9. The molecule has 0 radical (unpaired) electrons. The van der Waals surface area contributed by atoms with Crippen LogP contribution in [0.15, 0.2) is 24.3 Å². The average Bonchev–Trinajstić information content (AvgIpc) is 3.22. The maximum Gasteiger partial charge on any atom is 0.407 e. The SMILES string of the molecule is CN(C(=O)O)[C@]1(C(=O)C2CCN(C(=O)[C@@H]3CC(=O)N3)CC2)CNC[C@H]1c1ccc(Cl)cc1. The number of benzene rings is 1. The molecule has 1 aromatic carbocycles. The number of hydrogen-bond acceptors (Lipinski definition) is 5. The largest absolute Gasteiger partial charge is 0.465 e. The summed E-state index contributed by atoms with van der Waals surface area (Å²) >= 11 is 6.03. The number of piperidine rings is 1. The van der Waals surface area contributed by atoms with Crippen molar-refractivity contribution in [1.82, 2.24) is 20.4 Å². The number of rotatable bonds is 5. The third kappa shape index (κ3) is 3.84. The minimum absolute atomic E-state index is 0.114. The van der Waals surface area contributed by atoms with Crippen molar-refractivity contribution in [2.24, 2.45) is 5.92 Å². The molecule has 0 spiro atoms. The van der Waals surface area contributed by atoms with Gasteiger partial charge >= 0.3 is 6.09 Å². The third-order valence-corrected chi connectivity index (χ3v) is 7.36. The van der Waals surface area contributed by atoms with Crippen molar-refractivity contribution in [2.45, 2.75) is 36.8 Å². The Morgan fingerprint density at radius 1 is 1.19 bits per heavy atom. The fraction of sp³-hybridized carbons (Fsp3) is 0.545. The van der Waals surface area contributed by atoms with E-state index < -0.39 is 17.7 Å². The Labute approximate surface area is 191 Å². The van der Waals surface area contributed by atoms with Crippen molar-refractivity contribution in [3.05, 3.63) is 34.9 Å². The van der Waals surface area contributed by atoms with Crippen molar-refractivity contribution in [3.8, 4) is 0 Å². The van der Waals surface area contributed by atoms with Crippen LogP contribution in [0.2, 0.25) is 5.02 Å². The zero-order valence-corrected chi connectivity index (χ0v) is 18.6. The molecule has 0 bridgehead atoms. The first-order valence-electron chi connectivity index (χ1n) is 10.8. The Kier molecular flexibility index (Phi) is 6.13. The van der Waals surface area contributed by atoms with Gasteiger partial charge in [-0.15, -0.1) is 0 Å². The summed E-state index contributed by atoms with van der Waals surface area (Å²) in [7, 11) is 1.45. The summed E-state index contributed by atoms with van der Waals surface area (Å²) < 4.78 is 0. The zero-order valence-electron chi connectivity index (χ0n) is 17.8. The molecule has 3 heterocycles. The number of Topliss-reactive ketones (excluding diaryl/α,β-unsaturated/α-hetero) is 1. The van der Waals surface area contributed by atoms with Gasteiger partial charge in [-0.25, -0.2) is 4.79 Å². The highest BCUT2D eigenvalue weighted by Gasteiger charge is 2.56. The number of carbonyl (C=O) groups excluding carboxylic acids is 3. The van der Waals surface area contributed by atoms with Crippen LogP contribution in [-0.4, -0.2) is 83.4 Å². The maximum atomic E-state index is 13.9. The first-order chi connectivity index (χ1) is 15.2. The number of halogens is 1. The number of β-lactam (4-membered cyclic amide) rings is 1. The number of carboxylic acid groups (broad SMARTS) is 1. The highest BCUT2D eigenvalue weighted by molar-refractivity contribution is 6.30. The van der Waals surface area contributed by atoms with E-state index in [0.717, 1.165) is 10.5 Å². The van der Waals surface area contributed by atoms with Gasteiger partial charge in [0.2, 0.25) is 11.8 Å². The molecule has 0 saturated carbocycles. The van der Waals surface area contributed by atoms with Crippen molar-refractivity contribution in [1.29, 1.82) is 0 Å². The Morgan fingerprint density at radius 3 is 2.38 bits per heavy atom. The van der Waals surface area contributed by atoms with Crippen LogP contribution < -0.4 is 10.6 Å². The Morgan fingerprint density at radius 2 is 1.81 bits per heavy atom. The second kappa shape index (κ2) is 8.71. The molecule has 172 valence electrons. The van der Waals surface area contributed by atoms with E-state index in [4.69, 9.17) is 11.6 Å². The lowest BCUT2D eigenvalue weighted by molar-refractivity contribution is -0.145. The molecule has 3 fully saturated rings. The van der Waals surface area contributed by atoms with Gasteiger partial charge in [-0.05, 0) is 30.5 Å². The number of carbonyl (C=O) groups is 4. The molecule has 3 atom stereocenters. The van der Waals surface area contributed by atoms with Crippen molar-refractivity contribution >= 4 is 35.3 Å². The first-order valence-corrected chi connectivity index (χ1v) is 11.2. The standard InChI is InChI=1S/C22H27ClN4O5/c1-26(21(31)32)22(12-24-11-16(22)13-2-4-15(23)5-3-13)19(29)14-6-8-27(9-7-14)20(30)17-10-18(28)25-17/h2-5,14,16-17,24H,6-12H2,1H3,(H,25,28)(H,31,32)/t16-,17-,22+/m0/s1. The van der Waals surface area contributed by atoms with Crippen molar-refractivity contribution in [2.75, 3.05) is 33.2 Å². The molecule has 9 nitrogen and oxygen atoms in total. The van der Waals surface area contributed by atoms with Crippen LogP contribution in [0.25, 0.3) is 0 Å². The molecule has 1 aromatic rings. The molecule has 0 aromatic heterocycles. The van der Waals surface area contributed by atoms with Crippen LogP contribution in [0.5, 0.6) is 0 Å². The van der Waals surface area contributed by atoms with Crippen molar-refractivity contribution < 1.29 is 24.3 Å². The minimum atomic E-state index is -1.24. The van der Waals surface area contributed by atoms with Gasteiger partial charge in [0, 0.05) is 50.1 Å². The number of ketones is 1. The fourth-order valence-corrected chi connectivity index (χ4v) is 5.30. The van der Waals surface area contributed by atoms with Gasteiger partial charge < -0.3 is 20.6 Å². The van der Waals surface area contributed by atoms with E-state index in [9.17, 15) is 24.3 Å². The van der Waals surface area contributed by atoms with Gasteiger partial charge in [0.1, 0.15) is 11.6 Å². The highest BCUT2D eigenvalue weighted by Crippen LogP contribution is 2.41. The third-order valence-electron chi connectivity index (χ3n) is 7.10. The Bertz CT molecular complexity index is 923. The summed E-state index contributed by atoms with van der Waals surface area (Å²) in [5, 5.41) is 16.2. The normalized spacial score (nSPS) is 28.1. The van der Waals surface area contributed by atoms with Crippen LogP contribution in [-0.2, 0) is 14.4 Å². The predicted molar refractivity (Wildman–Crippen MR) is 116 cm³/mol. The smallest absolute Gasteiger partial charge is 0.407 e. The molecule has 3 aliphatic rings. The second-order valence-corrected chi connectivity index (χ2v) is 9.23. The number of nitrogens with one attached hydrogen (secondary N) is 2. The summed E-state index contributed by atoms with van der Waals surface area (Å²) in [6.07, 6.45) is -0.0189. The predicted octanol–water partition coefficient (Wildman–Crippen LogP) is 1.07. The monoisotopic (exact) mass is 462 g/mol. The molecule has 3 N–H and O–H groups in total. The van der Waals surface area contributed by atoms with E-state index in [1.54, 1.807) is 17.0 Å². The first kappa shape index (κ1) is 22.5. The molecular formula is C22H27ClN4O5. The fourth-order valence-electron chi connectivity index (χ4n) is 5.18. The average molecular weight is 463 g/mol. The molecule has 0 unspecified atom stereocenters. The highest BCUT2D eigenvalue weighted by atomic mass is 35.5. The van der Waals surface area contributed by atoms with Gasteiger partial charge in [-0.1, -0.05) is 23.7 Å². The van der Waals surface area contributed by atoms with Gasteiger partial charge in [-0.3, -0.25) is 19.3 Å². The molecular weight excluding hydrogens is 436 g/mol. The lowest BCUT2D eigenvalue weighted by Crippen LogP contribution is -2.62. The van der Waals surface area contributed by atoms with E-state index >= 15 is 0 Å².